The van der Waals surface area contributed by atoms with Gasteiger partial charge in [-0.1, -0.05) is 57.2 Å². The summed E-state index contributed by atoms with van der Waals surface area (Å²) in [6.45, 7) is 8.50. The summed E-state index contributed by atoms with van der Waals surface area (Å²) >= 11 is 0. The number of amides is 1. The lowest BCUT2D eigenvalue weighted by molar-refractivity contribution is -0.193. The number of alkyl halides is 9. The highest BCUT2D eigenvalue weighted by Crippen LogP contribution is 2.37. The Morgan fingerprint density at radius 2 is 1.39 bits per heavy atom. The molecule has 0 aliphatic carbocycles. The van der Waals surface area contributed by atoms with Crippen molar-refractivity contribution in [1.82, 2.24) is 15.1 Å². The SMILES string of the molecule is CC(C)(C)[C@H]1CN(C(c2ccccc2)c2ccc(OCC(F)(F)F)c(F)c2)CCN1C(=O)CC1CCNCC1.O=C(C(=O)C(F)(F)F)C(F)(F)F. The summed E-state index contributed by atoms with van der Waals surface area (Å²) < 4.78 is 124. The van der Waals surface area contributed by atoms with Crippen LogP contribution >= 0.6 is 0 Å². The van der Waals surface area contributed by atoms with Crippen LogP contribution in [0.4, 0.5) is 43.9 Å². The van der Waals surface area contributed by atoms with Gasteiger partial charge in [-0.3, -0.25) is 19.3 Å². The number of carbonyl (C=O) groups excluding carboxylic acids is 3. The van der Waals surface area contributed by atoms with E-state index in [2.05, 4.69) is 35.7 Å². The van der Waals surface area contributed by atoms with E-state index in [-0.39, 0.29) is 23.4 Å². The minimum atomic E-state index is -5.77. The third-order valence-corrected chi connectivity index (χ3v) is 8.52. The van der Waals surface area contributed by atoms with Crippen LogP contribution in [0.15, 0.2) is 48.5 Å². The number of piperazine rings is 1. The smallest absolute Gasteiger partial charge is 0.458 e. The monoisotopic (exact) mass is 743 g/mol. The van der Waals surface area contributed by atoms with Gasteiger partial charge in [-0.05, 0) is 60.5 Å². The number of Topliss-reactive ketones (excluding diaryl/α,β-unsaturated/α-hetero) is 2. The van der Waals surface area contributed by atoms with E-state index >= 15 is 0 Å². The summed E-state index contributed by atoms with van der Waals surface area (Å²) in [6.07, 6.45) is -13.5. The van der Waals surface area contributed by atoms with E-state index in [4.69, 9.17) is 0 Å². The molecule has 0 bridgehead atoms. The van der Waals surface area contributed by atoms with Gasteiger partial charge < -0.3 is 15.0 Å². The molecule has 2 fully saturated rings. The number of ether oxygens (including phenoxy) is 1. The van der Waals surface area contributed by atoms with Crippen molar-refractivity contribution in [1.29, 1.82) is 0 Å². The molecule has 1 amide bonds. The van der Waals surface area contributed by atoms with Crippen molar-refractivity contribution in [3.8, 4) is 5.75 Å². The Morgan fingerprint density at radius 3 is 1.88 bits per heavy atom. The summed E-state index contributed by atoms with van der Waals surface area (Å²) in [7, 11) is 0. The lowest BCUT2D eigenvalue weighted by atomic mass is 9.82. The lowest BCUT2D eigenvalue weighted by Gasteiger charge is -2.49. The van der Waals surface area contributed by atoms with Crippen molar-refractivity contribution in [3.63, 3.8) is 0 Å². The molecule has 2 atom stereocenters. The summed E-state index contributed by atoms with van der Waals surface area (Å²) in [5, 5.41) is 3.35. The van der Waals surface area contributed by atoms with Crippen LogP contribution in [0, 0.1) is 17.2 Å². The molecule has 51 heavy (non-hydrogen) atoms. The molecule has 2 saturated heterocycles. The number of piperidine rings is 1. The van der Waals surface area contributed by atoms with Crippen LogP contribution in [-0.2, 0) is 14.4 Å². The summed E-state index contributed by atoms with van der Waals surface area (Å²) in [6, 6.07) is 13.5. The standard InChI is InChI=1S/C30H39F4N3O2.C4F6O2/c1-29(2,3)26-19-36(15-16-37(26)27(38)17-21-11-13-35-14-12-21)28(22-7-5-4-6-8-22)23-9-10-25(24(31)18-23)39-20-30(32,33)34;5-3(6,7)1(11)2(12)4(8,9)10/h4-10,18,21,26,28,35H,11-17,19-20H2,1-3H3;/t26-,28?;/m1./s1. The number of carbonyl (C=O) groups is 3. The molecular formula is C34H39F10N3O4. The maximum Gasteiger partial charge on any atom is 0.458 e. The number of rotatable bonds is 8. The zero-order chi connectivity index (χ0) is 38.4. The minimum absolute atomic E-state index is 0.0501. The zero-order valence-electron chi connectivity index (χ0n) is 28.0. The van der Waals surface area contributed by atoms with Gasteiger partial charge in [-0.25, -0.2) is 4.39 Å². The fourth-order valence-electron chi connectivity index (χ4n) is 6.00. The predicted molar refractivity (Wildman–Crippen MR) is 165 cm³/mol. The van der Waals surface area contributed by atoms with Gasteiger partial charge in [-0.15, -0.1) is 0 Å². The molecular weight excluding hydrogens is 704 g/mol. The van der Waals surface area contributed by atoms with Crippen LogP contribution in [0.3, 0.4) is 0 Å². The predicted octanol–water partition coefficient (Wildman–Crippen LogP) is 7.05. The third kappa shape index (κ3) is 12.2. The number of hydrogen-bond acceptors (Lipinski definition) is 6. The van der Waals surface area contributed by atoms with Crippen LogP contribution in [0.2, 0.25) is 0 Å². The average Bonchev–Trinajstić information content (AvgIpc) is 3.03. The second-order valence-corrected chi connectivity index (χ2v) is 13.4. The van der Waals surface area contributed by atoms with E-state index in [9.17, 15) is 58.3 Å². The molecule has 2 heterocycles. The molecule has 2 aromatic rings. The molecule has 0 radical (unpaired) electrons. The summed E-state index contributed by atoms with van der Waals surface area (Å²) in [4.78, 5) is 37.0. The molecule has 7 nitrogen and oxygen atoms in total. The fourth-order valence-corrected chi connectivity index (χ4v) is 6.00. The van der Waals surface area contributed by atoms with Crippen molar-refractivity contribution >= 4 is 17.5 Å². The molecule has 2 aliphatic heterocycles. The second kappa shape index (κ2) is 16.7. The average molecular weight is 744 g/mol. The third-order valence-electron chi connectivity index (χ3n) is 8.52. The van der Waals surface area contributed by atoms with Crippen molar-refractivity contribution in [2.45, 2.75) is 70.6 Å². The molecule has 1 unspecified atom stereocenters. The highest BCUT2D eigenvalue weighted by atomic mass is 19.4. The molecule has 0 saturated carbocycles. The first-order valence-corrected chi connectivity index (χ1v) is 16.0. The Bertz CT molecular complexity index is 1460. The number of halogens is 10. The number of nitrogens with zero attached hydrogens (tertiary/aromatic N) is 2. The summed E-state index contributed by atoms with van der Waals surface area (Å²) in [5.41, 5.74) is 1.38. The van der Waals surface area contributed by atoms with Crippen molar-refractivity contribution in [2.24, 2.45) is 11.3 Å². The van der Waals surface area contributed by atoms with E-state index < -0.39 is 48.3 Å². The van der Waals surface area contributed by atoms with Gasteiger partial charge >= 0.3 is 30.1 Å². The lowest BCUT2D eigenvalue weighted by Crippen LogP contribution is -2.60. The minimum Gasteiger partial charge on any atom is -0.481 e. The maximum atomic E-state index is 15.0. The van der Waals surface area contributed by atoms with E-state index in [0.717, 1.165) is 31.5 Å². The molecule has 2 aliphatic rings. The van der Waals surface area contributed by atoms with E-state index in [1.165, 1.54) is 12.1 Å². The highest BCUT2D eigenvalue weighted by Gasteiger charge is 2.54. The van der Waals surface area contributed by atoms with Gasteiger partial charge in [0.1, 0.15) is 0 Å². The highest BCUT2D eigenvalue weighted by molar-refractivity contribution is 6.41. The van der Waals surface area contributed by atoms with Crippen LogP contribution in [0.1, 0.15) is 57.2 Å². The Labute approximate surface area is 288 Å². The van der Waals surface area contributed by atoms with Crippen molar-refractivity contribution in [2.75, 3.05) is 39.3 Å². The first-order chi connectivity index (χ1) is 23.5. The largest absolute Gasteiger partial charge is 0.481 e. The molecule has 17 heteroatoms. The molecule has 2 aromatic carbocycles. The Kier molecular flexibility index (Phi) is 13.7. The normalized spacial score (nSPS) is 18.8. The number of nitrogens with one attached hydrogen (secondary N) is 1. The Morgan fingerprint density at radius 1 is 0.824 bits per heavy atom. The van der Waals surface area contributed by atoms with E-state index in [1.807, 2.05) is 35.2 Å². The van der Waals surface area contributed by atoms with Crippen LogP contribution in [0.25, 0.3) is 0 Å². The zero-order valence-corrected chi connectivity index (χ0v) is 28.0. The van der Waals surface area contributed by atoms with Crippen LogP contribution in [-0.4, -0.2) is 91.2 Å². The Balaban J connectivity index is 0.000000501. The first kappa shape index (κ1) is 41.7. The maximum absolute atomic E-state index is 15.0. The van der Waals surface area contributed by atoms with Gasteiger partial charge in [0.25, 0.3) is 0 Å². The summed E-state index contributed by atoms with van der Waals surface area (Å²) in [5.74, 6) is -7.49. The molecule has 284 valence electrons. The Hall–Kier alpha value is -3.73. The van der Waals surface area contributed by atoms with Gasteiger partial charge in [0.2, 0.25) is 5.91 Å². The van der Waals surface area contributed by atoms with Gasteiger partial charge in [0.15, 0.2) is 18.2 Å². The second-order valence-electron chi connectivity index (χ2n) is 13.4. The quantitative estimate of drug-likeness (QED) is 0.231. The van der Waals surface area contributed by atoms with Crippen molar-refractivity contribution < 1.29 is 63.0 Å². The molecule has 1 N–H and O–H groups in total. The van der Waals surface area contributed by atoms with Gasteiger partial charge in [-0.2, -0.15) is 39.5 Å². The topological polar surface area (TPSA) is 79.0 Å². The first-order valence-electron chi connectivity index (χ1n) is 16.0. The number of hydrogen-bond donors (Lipinski definition) is 1. The number of ketones is 2. The van der Waals surface area contributed by atoms with E-state index in [1.54, 1.807) is 6.07 Å². The van der Waals surface area contributed by atoms with Crippen LogP contribution < -0.4 is 10.1 Å². The van der Waals surface area contributed by atoms with Gasteiger partial charge in [0, 0.05) is 32.1 Å². The number of benzene rings is 2. The molecule has 0 aromatic heterocycles. The molecule has 4 rings (SSSR count). The fraction of sp³-hybridized carbons (Fsp3) is 0.559. The van der Waals surface area contributed by atoms with Crippen LogP contribution in [0.5, 0.6) is 5.75 Å². The van der Waals surface area contributed by atoms with Crippen molar-refractivity contribution in [3.05, 3.63) is 65.5 Å². The van der Waals surface area contributed by atoms with E-state index in [0.29, 0.717) is 37.5 Å². The molecule has 0 spiro atoms. The van der Waals surface area contributed by atoms with Gasteiger partial charge in [0.05, 0.1) is 6.04 Å².